The zero-order chi connectivity index (χ0) is 23.9. The van der Waals surface area contributed by atoms with Gasteiger partial charge in [-0.15, -0.1) is 0 Å². The second kappa shape index (κ2) is 8.80. The highest BCUT2D eigenvalue weighted by molar-refractivity contribution is 5.86. The Balaban J connectivity index is 1.37. The maximum atomic E-state index is 12.6. The molecule has 2 aliphatic heterocycles. The topological polar surface area (TPSA) is 44.8 Å². The molecule has 2 atom stereocenters. The van der Waals surface area contributed by atoms with Crippen molar-refractivity contribution in [3.8, 4) is 5.75 Å². The molecule has 1 unspecified atom stereocenters. The zero-order valence-electron chi connectivity index (χ0n) is 20.4. The molecule has 0 radical (unpaired) electrons. The smallest absolute Gasteiger partial charge is 0.410 e. The molecular formula is C29H33N3O2. The highest BCUT2D eigenvalue weighted by atomic mass is 16.6. The molecule has 3 aromatic carbocycles. The minimum atomic E-state index is -0.471. The predicted molar refractivity (Wildman–Crippen MR) is 138 cm³/mol. The summed E-state index contributed by atoms with van der Waals surface area (Å²) in [7, 11) is 2.20. The molecule has 5 nitrogen and oxygen atoms in total. The van der Waals surface area contributed by atoms with Crippen LogP contribution in [0.25, 0.3) is 0 Å². The van der Waals surface area contributed by atoms with Crippen molar-refractivity contribution in [2.45, 2.75) is 51.2 Å². The average Bonchev–Trinajstić information content (AvgIpc) is 3.25. The fraction of sp³-hybridized carbons (Fsp3) is 0.345. The van der Waals surface area contributed by atoms with Gasteiger partial charge in [-0.3, -0.25) is 10.2 Å². The van der Waals surface area contributed by atoms with Gasteiger partial charge in [-0.1, -0.05) is 63.2 Å². The third-order valence-electron chi connectivity index (χ3n) is 7.39. The fourth-order valence-electron chi connectivity index (χ4n) is 5.57. The van der Waals surface area contributed by atoms with Gasteiger partial charge in [0.2, 0.25) is 0 Å². The molecule has 5 rings (SSSR count). The van der Waals surface area contributed by atoms with Gasteiger partial charge >= 0.3 is 6.09 Å². The molecule has 0 saturated carbocycles. The monoisotopic (exact) mass is 455 g/mol. The molecule has 1 N–H and O–H groups in total. The first-order valence-electron chi connectivity index (χ1n) is 12.1. The van der Waals surface area contributed by atoms with Gasteiger partial charge in [0.15, 0.2) is 0 Å². The van der Waals surface area contributed by atoms with Gasteiger partial charge < -0.3 is 9.64 Å². The van der Waals surface area contributed by atoms with Crippen LogP contribution in [0.2, 0.25) is 0 Å². The molecule has 1 saturated heterocycles. The molecule has 0 spiro atoms. The van der Waals surface area contributed by atoms with Crippen LogP contribution < -0.4 is 15.0 Å². The standard InChI is InChI=1S/C29H33N3O2/c1-20(2)22-10-12-23(13-11-22)30-28(33)34-24-14-15-26-25(18-24)29(3)16-17-31(4)27(29)32(26)19-21-8-6-5-7-9-21/h5-15,18,20,27H,16-17,19H2,1-4H3,(H,30,33)/t27?,29-/m0/s1. The molecule has 1 fully saturated rings. The van der Waals surface area contributed by atoms with Gasteiger partial charge in [0.25, 0.3) is 0 Å². The van der Waals surface area contributed by atoms with E-state index < -0.39 is 6.09 Å². The number of amides is 1. The Hall–Kier alpha value is -3.31. The second-order valence-corrected chi connectivity index (χ2v) is 10.1. The Morgan fingerprint density at radius 3 is 2.53 bits per heavy atom. The summed E-state index contributed by atoms with van der Waals surface area (Å²) in [6, 6.07) is 24.6. The van der Waals surface area contributed by atoms with Crippen molar-refractivity contribution < 1.29 is 9.53 Å². The Morgan fingerprint density at radius 2 is 1.82 bits per heavy atom. The van der Waals surface area contributed by atoms with Crippen molar-refractivity contribution in [2.75, 3.05) is 23.8 Å². The van der Waals surface area contributed by atoms with E-state index in [0.29, 0.717) is 11.7 Å². The van der Waals surface area contributed by atoms with Gasteiger partial charge in [0.1, 0.15) is 5.75 Å². The van der Waals surface area contributed by atoms with Crippen LogP contribution in [0, 0.1) is 0 Å². The summed E-state index contributed by atoms with van der Waals surface area (Å²) in [5, 5.41) is 2.85. The van der Waals surface area contributed by atoms with Gasteiger partial charge in [0, 0.05) is 29.9 Å². The number of benzene rings is 3. The Kier molecular flexibility index (Phi) is 5.82. The minimum Gasteiger partial charge on any atom is -0.410 e. The lowest BCUT2D eigenvalue weighted by atomic mass is 9.81. The molecule has 0 aliphatic carbocycles. The summed E-state index contributed by atoms with van der Waals surface area (Å²) in [4.78, 5) is 17.6. The number of ether oxygens (including phenoxy) is 1. The van der Waals surface area contributed by atoms with Crippen molar-refractivity contribution in [3.05, 3.63) is 89.5 Å². The van der Waals surface area contributed by atoms with E-state index in [1.807, 2.05) is 30.3 Å². The SMILES string of the molecule is CC(C)c1ccc(NC(=O)Oc2ccc3c(c2)[C@]2(C)CCN(C)C2N3Cc2ccccc2)cc1. The first kappa shape index (κ1) is 22.5. The van der Waals surface area contributed by atoms with Gasteiger partial charge in [0.05, 0.1) is 6.17 Å². The number of fused-ring (bicyclic) bond motifs is 3. The fourth-order valence-corrected chi connectivity index (χ4v) is 5.57. The Morgan fingerprint density at radius 1 is 1.09 bits per heavy atom. The number of likely N-dealkylation sites (N-methyl/N-ethyl adjacent to an activating group) is 1. The van der Waals surface area contributed by atoms with E-state index in [4.69, 9.17) is 4.74 Å². The quantitative estimate of drug-likeness (QED) is 0.486. The maximum absolute atomic E-state index is 12.6. The highest BCUT2D eigenvalue weighted by Gasteiger charge is 2.53. The summed E-state index contributed by atoms with van der Waals surface area (Å²) in [5.74, 6) is 1.03. The number of nitrogens with one attached hydrogen (secondary N) is 1. The number of nitrogens with zero attached hydrogens (tertiary/aromatic N) is 2. The van der Waals surface area contributed by atoms with Crippen LogP contribution in [0.4, 0.5) is 16.2 Å². The van der Waals surface area contributed by atoms with Crippen molar-refractivity contribution in [1.29, 1.82) is 0 Å². The van der Waals surface area contributed by atoms with Crippen LogP contribution in [0.5, 0.6) is 5.75 Å². The summed E-state index contributed by atoms with van der Waals surface area (Å²) < 4.78 is 5.71. The van der Waals surface area contributed by atoms with Crippen molar-refractivity contribution in [2.24, 2.45) is 0 Å². The van der Waals surface area contributed by atoms with E-state index in [0.717, 1.165) is 25.2 Å². The molecule has 2 aliphatic rings. The second-order valence-electron chi connectivity index (χ2n) is 10.1. The van der Waals surface area contributed by atoms with E-state index in [1.165, 1.54) is 22.4 Å². The lowest BCUT2D eigenvalue weighted by Crippen LogP contribution is -2.46. The summed E-state index contributed by atoms with van der Waals surface area (Å²) in [6.45, 7) is 8.54. The Bertz CT molecular complexity index is 1180. The molecule has 3 aromatic rings. The molecule has 5 heteroatoms. The number of hydrogen-bond donors (Lipinski definition) is 1. The predicted octanol–water partition coefficient (Wildman–Crippen LogP) is 6.36. The largest absolute Gasteiger partial charge is 0.417 e. The average molecular weight is 456 g/mol. The number of hydrogen-bond acceptors (Lipinski definition) is 4. The number of carbonyl (C=O) groups is 1. The summed E-state index contributed by atoms with van der Waals surface area (Å²) in [5.41, 5.74) is 5.72. The number of likely N-dealkylation sites (tertiary alicyclic amines) is 1. The van der Waals surface area contributed by atoms with Crippen LogP contribution in [0.15, 0.2) is 72.8 Å². The van der Waals surface area contributed by atoms with Crippen LogP contribution in [-0.2, 0) is 12.0 Å². The maximum Gasteiger partial charge on any atom is 0.417 e. The molecule has 1 amide bonds. The van der Waals surface area contributed by atoms with Gasteiger partial charge in [-0.2, -0.15) is 0 Å². The normalized spacial score (nSPS) is 21.4. The molecular weight excluding hydrogens is 422 g/mol. The lowest BCUT2D eigenvalue weighted by molar-refractivity contribution is 0.215. The van der Waals surface area contributed by atoms with Gasteiger partial charge in [-0.25, -0.2) is 4.79 Å². The van der Waals surface area contributed by atoms with Crippen molar-refractivity contribution in [1.82, 2.24) is 4.90 Å². The van der Waals surface area contributed by atoms with Crippen molar-refractivity contribution in [3.63, 3.8) is 0 Å². The van der Waals surface area contributed by atoms with E-state index in [9.17, 15) is 4.79 Å². The van der Waals surface area contributed by atoms with E-state index in [2.05, 4.69) is 85.4 Å². The molecule has 0 bridgehead atoms. The summed E-state index contributed by atoms with van der Waals surface area (Å²) in [6.07, 6.45) is 0.887. The summed E-state index contributed by atoms with van der Waals surface area (Å²) >= 11 is 0. The lowest BCUT2D eigenvalue weighted by Gasteiger charge is -2.35. The third-order valence-corrected chi connectivity index (χ3v) is 7.39. The van der Waals surface area contributed by atoms with Crippen LogP contribution in [0.3, 0.4) is 0 Å². The van der Waals surface area contributed by atoms with E-state index in [1.54, 1.807) is 0 Å². The van der Waals surface area contributed by atoms with E-state index >= 15 is 0 Å². The molecule has 176 valence electrons. The van der Waals surface area contributed by atoms with Crippen LogP contribution in [0.1, 0.15) is 49.8 Å². The number of carbonyl (C=O) groups excluding carboxylic acids is 1. The molecule has 0 aromatic heterocycles. The highest BCUT2D eigenvalue weighted by Crippen LogP contribution is 2.52. The van der Waals surface area contributed by atoms with Crippen LogP contribution in [-0.4, -0.2) is 30.8 Å². The first-order valence-corrected chi connectivity index (χ1v) is 12.1. The zero-order valence-corrected chi connectivity index (χ0v) is 20.4. The molecule has 2 heterocycles. The number of anilines is 2. The van der Waals surface area contributed by atoms with E-state index in [-0.39, 0.29) is 11.6 Å². The van der Waals surface area contributed by atoms with Gasteiger partial charge in [-0.05, 0) is 66.4 Å². The first-order chi connectivity index (χ1) is 16.3. The minimum absolute atomic E-state index is 0.0125. The molecule has 34 heavy (non-hydrogen) atoms. The van der Waals surface area contributed by atoms with Crippen LogP contribution >= 0.6 is 0 Å². The van der Waals surface area contributed by atoms with Crippen molar-refractivity contribution >= 4 is 17.5 Å². The number of rotatable bonds is 5. The Labute approximate surface area is 202 Å². The third kappa shape index (κ3) is 4.05.